The van der Waals surface area contributed by atoms with Gasteiger partial charge in [-0.05, 0) is 25.2 Å². The zero-order valence-electron chi connectivity index (χ0n) is 16.3. The minimum atomic E-state index is -0.246. The number of aliphatic hydroxyl groups is 1. The van der Waals surface area contributed by atoms with Crippen LogP contribution >= 0.6 is 24.0 Å². The van der Waals surface area contributed by atoms with Gasteiger partial charge in [-0.1, -0.05) is 40.5 Å². The fraction of sp³-hybridized carbons (Fsp3) is 0.944. The van der Waals surface area contributed by atoms with Crippen molar-refractivity contribution in [2.45, 2.75) is 72.5 Å². The number of guanidine groups is 1. The summed E-state index contributed by atoms with van der Waals surface area (Å²) in [5.74, 6) is 0.804. The summed E-state index contributed by atoms with van der Waals surface area (Å²) in [4.78, 5) is 4.73. The van der Waals surface area contributed by atoms with Crippen molar-refractivity contribution in [2.75, 3.05) is 26.7 Å². The molecule has 1 rings (SSSR count). The van der Waals surface area contributed by atoms with E-state index < -0.39 is 0 Å². The number of aliphatic imine (C=N–C) groups is 1. The molecule has 1 aliphatic rings. The molecular formula is C18H38IN3O2. The van der Waals surface area contributed by atoms with E-state index >= 15 is 0 Å². The van der Waals surface area contributed by atoms with Gasteiger partial charge < -0.3 is 20.5 Å². The zero-order chi connectivity index (χ0) is 17.5. The third kappa shape index (κ3) is 7.44. The molecule has 3 N–H and O–H groups in total. The van der Waals surface area contributed by atoms with E-state index in [-0.39, 0.29) is 47.0 Å². The monoisotopic (exact) mass is 455 g/mol. The van der Waals surface area contributed by atoms with Crippen molar-refractivity contribution in [3.8, 4) is 0 Å². The molecule has 0 radical (unpaired) electrons. The van der Waals surface area contributed by atoms with E-state index in [1.54, 1.807) is 7.11 Å². The van der Waals surface area contributed by atoms with Crippen molar-refractivity contribution in [1.82, 2.24) is 10.6 Å². The molecule has 0 aliphatic heterocycles. The molecule has 0 aromatic heterocycles. The molecule has 24 heavy (non-hydrogen) atoms. The van der Waals surface area contributed by atoms with E-state index in [4.69, 9.17) is 9.73 Å². The summed E-state index contributed by atoms with van der Waals surface area (Å²) in [5.41, 5.74) is -0.0318. The van der Waals surface area contributed by atoms with Crippen LogP contribution in [0.5, 0.6) is 0 Å². The van der Waals surface area contributed by atoms with Crippen LogP contribution in [0, 0.1) is 10.8 Å². The summed E-state index contributed by atoms with van der Waals surface area (Å²) in [6, 6.07) is 0. The summed E-state index contributed by atoms with van der Waals surface area (Å²) in [7, 11) is 1.75. The Morgan fingerprint density at radius 1 is 1.33 bits per heavy atom. The Labute approximate surface area is 165 Å². The van der Waals surface area contributed by atoms with Crippen LogP contribution in [0.15, 0.2) is 4.99 Å². The standard InChI is InChI=1S/C18H37N3O2.HI/c1-7-19-16(20-12-15(23-6)17(2,3)4)21-13-18(5)11-9-8-10-14(18)22;/h14-15,22H,7-13H2,1-6H3,(H2,19,20,21);1H. The van der Waals surface area contributed by atoms with Gasteiger partial charge in [-0.15, -0.1) is 24.0 Å². The molecule has 0 spiro atoms. The Hall–Kier alpha value is -0.0800. The molecule has 0 saturated heterocycles. The van der Waals surface area contributed by atoms with E-state index in [1.165, 1.54) is 6.42 Å². The largest absolute Gasteiger partial charge is 0.392 e. The summed E-state index contributed by atoms with van der Waals surface area (Å²) >= 11 is 0. The third-order valence-corrected chi connectivity index (χ3v) is 4.93. The van der Waals surface area contributed by atoms with Crippen LogP contribution in [-0.2, 0) is 4.74 Å². The lowest BCUT2D eigenvalue weighted by Gasteiger charge is -2.37. The summed E-state index contributed by atoms with van der Waals surface area (Å²) in [6.07, 6.45) is 4.11. The molecule has 0 aromatic rings. The van der Waals surface area contributed by atoms with Gasteiger partial charge in [-0.25, -0.2) is 0 Å². The number of hydrogen-bond acceptors (Lipinski definition) is 3. The van der Waals surface area contributed by atoms with E-state index in [1.807, 2.05) is 0 Å². The molecule has 0 amide bonds. The van der Waals surface area contributed by atoms with Crippen LogP contribution < -0.4 is 10.6 Å². The lowest BCUT2D eigenvalue weighted by Crippen LogP contribution is -2.46. The highest BCUT2D eigenvalue weighted by Crippen LogP contribution is 2.36. The zero-order valence-corrected chi connectivity index (χ0v) is 18.6. The van der Waals surface area contributed by atoms with Crippen LogP contribution in [0.25, 0.3) is 0 Å². The maximum Gasteiger partial charge on any atom is 0.191 e. The average molecular weight is 455 g/mol. The van der Waals surface area contributed by atoms with Gasteiger partial charge in [0.25, 0.3) is 0 Å². The first-order valence-corrected chi connectivity index (χ1v) is 8.96. The first-order chi connectivity index (χ1) is 10.7. The predicted octanol–water partition coefficient (Wildman–Crippen LogP) is 3.16. The van der Waals surface area contributed by atoms with Gasteiger partial charge in [-0.3, -0.25) is 4.99 Å². The highest BCUT2D eigenvalue weighted by atomic mass is 127. The minimum absolute atomic E-state index is 0. The van der Waals surface area contributed by atoms with Crippen LogP contribution in [-0.4, -0.2) is 50.0 Å². The third-order valence-electron chi connectivity index (χ3n) is 4.93. The maximum absolute atomic E-state index is 10.3. The molecule has 6 heteroatoms. The Morgan fingerprint density at radius 3 is 2.50 bits per heavy atom. The van der Waals surface area contributed by atoms with Crippen molar-refractivity contribution in [2.24, 2.45) is 15.8 Å². The maximum atomic E-state index is 10.3. The molecule has 0 heterocycles. The molecule has 0 aromatic carbocycles. The molecular weight excluding hydrogens is 417 g/mol. The number of rotatable bonds is 6. The number of ether oxygens (including phenoxy) is 1. The normalized spacial score (nSPS) is 26.5. The van der Waals surface area contributed by atoms with Gasteiger partial charge in [0.05, 0.1) is 18.8 Å². The Bertz CT molecular complexity index is 385. The predicted molar refractivity (Wildman–Crippen MR) is 112 cm³/mol. The lowest BCUT2D eigenvalue weighted by molar-refractivity contribution is 0.00701. The second-order valence-electron chi connectivity index (χ2n) is 8.08. The molecule has 1 saturated carbocycles. The molecule has 1 fully saturated rings. The lowest BCUT2D eigenvalue weighted by atomic mass is 9.73. The van der Waals surface area contributed by atoms with Gasteiger partial charge in [-0.2, -0.15) is 0 Å². The molecule has 1 aliphatic carbocycles. The van der Waals surface area contributed by atoms with Crippen molar-refractivity contribution in [3.63, 3.8) is 0 Å². The Kier molecular flexibility index (Phi) is 10.8. The number of nitrogens with one attached hydrogen (secondary N) is 2. The van der Waals surface area contributed by atoms with Gasteiger partial charge in [0.1, 0.15) is 0 Å². The molecule has 5 nitrogen and oxygen atoms in total. The summed E-state index contributed by atoms with van der Waals surface area (Å²) < 4.78 is 5.59. The van der Waals surface area contributed by atoms with Crippen molar-refractivity contribution in [1.29, 1.82) is 0 Å². The van der Waals surface area contributed by atoms with Gasteiger partial charge in [0.2, 0.25) is 0 Å². The second kappa shape index (κ2) is 10.8. The van der Waals surface area contributed by atoms with Crippen molar-refractivity contribution < 1.29 is 9.84 Å². The highest BCUT2D eigenvalue weighted by Gasteiger charge is 2.35. The Balaban J connectivity index is 0.00000529. The first-order valence-electron chi connectivity index (χ1n) is 8.96. The van der Waals surface area contributed by atoms with Gasteiger partial charge >= 0.3 is 0 Å². The smallest absolute Gasteiger partial charge is 0.191 e. The molecule has 0 bridgehead atoms. The highest BCUT2D eigenvalue weighted by molar-refractivity contribution is 14.0. The van der Waals surface area contributed by atoms with Crippen LogP contribution in [0.1, 0.15) is 60.3 Å². The number of halogens is 1. The number of aliphatic hydroxyl groups excluding tert-OH is 1. The SMILES string of the molecule is CCNC(=NCC1(C)CCCCC1O)NCC(OC)C(C)(C)C.I. The van der Waals surface area contributed by atoms with E-state index in [2.05, 4.69) is 45.3 Å². The van der Waals surface area contributed by atoms with Gasteiger partial charge in [0, 0.05) is 25.6 Å². The molecule has 3 unspecified atom stereocenters. The molecule has 3 atom stereocenters. The molecule has 144 valence electrons. The quantitative estimate of drug-likeness (QED) is 0.327. The van der Waals surface area contributed by atoms with Gasteiger partial charge in [0.15, 0.2) is 5.96 Å². The topological polar surface area (TPSA) is 65.9 Å². The number of nitrogens with zero attached hydrogens (tertiary/aromatic N) is 1. The summed E-state index contributed by atoms with van der Waals surface area (Å²) in [5, 5.41) is 17.0. The van der Waals surface area contributed by atoms with Crippen LogP contribution in [0.2, 0.25) is 0 Å². The fourth-order valence-corrected chi connectivity index (χ4v) is 3.10. The van der Waals surface area contributed by atoms with Crippen LogP contribution in [0.3, 0.4) is 0 Å². The van der Waals surface area contributed by atoms with E-state index in [0.29, 0.717) is 13.1 Å². The second-order valence-corrected chi connectivity index (χ2v) is 8.08. The number of hydrogen-bond donors (Lipinski definition) is 3. The van der Waals surface area contributed by atoms with E-state index in [0.717, 1.165) is 31.8 Å². The van der Waals surface area contributed by atoms with E-state index in [9.17, 15) is 5.11 Å². The average Bonchev–Trinajstić information content (AvgIpc) is 2.47. The van der Waals surface area contributed by atoms with Crippen LogP contribution in [0.4, 0.5) is 0 Å². The van der Waals surface area contributed by atoms with Crippen molar-refractivity contribution >= 4 is 29.9 Å². The Morgan fingerprint density at radius 2 is 2.00 bits per heavy atom. The van der Waals surface area contributed by atoms with Crippen molar-refractivity contribution in [3.05, 3.63) is 0 Å². The summed E-state index contributed by atoms with van der Waals surface area (Å²) in [6.45, 7) is 12.9. The minimum Gasteiger partial charge on any atom is -0.392 e. The fourth-order valence-electron chi connectivity index (χ4n) is 3.10. The first kappa shape index (κ1) is 23.9. The number of methoxy groups -OCH3 is 1.